The summed E-state index contributed by atoms with van der Waals surface area (Å²) in [6, 6.07) is 7.13. The van der Waals surface area contributed by atoms with Crippen LogP contribution in [0.15, 0.2) is 29.2 Å². The summed E-state index contributed by atoms with van der Waals surface area (Å²) in [4.78, 5) is 50.8. The molecule has 2 aromatic rings. The van der Waals surface area contributed by atoms with E-state index in [9.17, 15) is 27.6 Å². The number of nitrogens with zero attached hydrogens (tertiary/aromatic N) is 4. The number of sulfonamides is 1. The molecule has 37 heavy (non-hydrogen) atoms. The van der Waals surface area contributed by atoms with E-state index in [0.29, 0.717) is 27.7 Å². The molecule has 1 aliphatic rings. The normalized spacial score (nSPS) is 12.7. The van der Waals surface area contributed by atoms with Crippen molar-refractivity contribution >= 4 is 50.1 Å². The van der Waals surface area contributed by atoms with Gasteiger partial charge >= 0.3 is 6.03 Å². The lowest BCUT2D eigenvalue weighted by Gasteiger charge is -2.25. The van der Waals surface area contributed by atoms with Crippen molar-refractivity contribution in [2.24, 2.45) is 5.73 Å². The summed E-state index contributed by atoms with van der Waals surface area (Å²) in [5, 5.41) is 22.5. The Labute approximate surface area is 216 Å². The predicted molar refractivity (Wildman–Crippen MR) is 131 cm³/mol. The quantitative estimate of drug-likeness (QED) is 0.424. The van der Waals surface area contributed by atoms with Gasteiger partial charge < -0.3 is 16.0 Å². The third-order valence-electron chi connectivity index (χ3n) is 5.44. The summed E-state index contributed by atoms with van der Waals surface area (Å²) in [6.07, 6.45) is 0.331. The SMILES string of the molecule is CC(=O)N1CCc2c(sc(NC(=O)c3ccc(S(=O)(=O)N(CC#N)CC#N)cc3)c2C(=O)NC(N)=O)C1. The fourth-order valence-electron chi connectivity index (χ4n) is 3.66. The van der Waals surface area contributed by atoms with Crippen molar-refractivity contribution in [2.75, 3.05) is 25.0 Å². The first-order valence-electron chi connectivity index (χ1n) is 10.7. The lowest BCUT2D eigenvalue weighted by atomic mass is 10.0. The summed E-state index contributed by atoms with van der Waals surface area (Å²) < 4.78 is 26.1. The Morgan fingerprint density at radius 1 is 1.11 bits per heavy atom. The van der Waals surface area contributed by atoms with Gasteiger partial charge in [0.25, 0.3) is 11.8 Å². The van der Waals surface area contributed by atoms with Crippen LogP contribution in [0.25, 0.3) is 0 Å². The third kappa shape index (κ3) is 5.92. The number of nitrogens with one attached hydrogen (secondary N) is 2. The van der Waals surface area contributed by atoms with Gasteiger partial charge in [-0.3, -0.25) is 19.7 Å². The number of anilines is 1. The molecule has 4 N–H and O–H groups in total. The van der Waals surface area contributed by atoms with E-state index in [4.69, 9.17) is 16.3 Å². The molecule has 0 saturated carbocycles. The second-order valence-electron chi connectivity index (χ2n) is 7.78. The number of benzene rings is 1. The molecule has 13 nitrogen and oxygen atoms in total. The van der Waals surface area contributed by atoms with Crippen LogP contribution in [0.3, 0.4) is 0 Å². The molecular formula is C22H21N7O6S2. The maximum Gasteiger partial charge on any atom is 0.319 e. The van der Waals surface area contributed by atoms with E-state index in [1.807, 2.05) is 5.32 Å². The number of urea groups is 1. The van der Waals surface area contributed by atoms with Crippen LogP contribution in [-0.2, 0) is 27.8 Å². The molecule has 5 amide bonds. The van der Waals surface area contributed by atoms with Gasteiger partial charge in [0, 0.05) is 23.9 Å². The molecule has 1 aromatic heterocycles. The minimum absolute atomic E-state index is 0.0593. The van der Waals surface area contributed by atoms with Gasteiger partial charge in [0.2, 0.25) is 15.9 Å². The van der Waals surface area contributed by atoms with Crippen LogP contribution in [0.1, 0.15) is 38.1 Å². The number of primary amides is 1. The van der Waals surface area contributed by atoms with Crippen LogP contribution >= 0.6 is 11.3 Å². The van der Waals surface area contributed by atoms with Gasteiger partial charge in [-0.1, -0.05) is 0 Å². The highest BCUT2D eigenvalue weighted by molar-refractivity contribution is 7.89. The molecule has 1 aromatic carbocycles. The average molecular weight is 544 g/mol. The zero-order valence-electron chi connectivity index (χ0n) is 19.5. The standard InChI is InChI=1S/C22H21N7O6S2/c1-13(30)28-9-6-16-17(12-28)36-21(18(16)20(32)27-22(25)33)26-19(31)14-2-4-15(5-3-14)37(34,35)29(10-7-23)11-8-24/h2-5H,6,9-12H2,1H3,(H,26,31)(H3,25,27,32,33). The van der Waals surface area contributed by atoms with Crippen molar-refractivity contribution in [3.05, 3.63) is 45.8 Å². The van der Waals surface area contributed by atoms with Gasteiger partial charge in [-0.05, 0) is 36.2 Å². The molecule has 15 heteroatoms. The Morgan fingerprint density at radius 3 is 2.27 bits per heavy atom. The third-order valence-corrected chi connectivity index (χ3v) is 8.38. The molecule has 0 bridgehead atoms. The van der Waals surface area contributed by atoms with E-state index in [-0.39, 0.29) is 33.5 Å². The molecule has 0 fully saturated rings. The minimum atomic E-state index is -4.14. The zero-order chi connectivity index (χ0) is 27.3. The number of thiophene rings is 1. The van der Waals surface area contributed by atoms with Gasteiger partial charge in [-0.25, -0.2) is 13.2 Å². The number of nitriles is 2. The van der Waals surface area contributed by atoms with Crippen molar-refractivity contribution in [3.63, 3.8) is 0 Å². The van der Waals surface area contributed by atoms with Crippen LogP contribution in [-0.4, -0.2) is 61.0 Å². The average Bonchev–Trinajstić information content (AvgIpc) is 3.20. The molecule has 0 atom stereocenters. The lowest BCUT2D eigenvalue weighted by Crippen LogP contribution is -2.37. The number of nitrogens with two attached hydrogens (primary N) is 1. The van der Waals surface area contributed by atoms with Gasteiger partial charge in [0.1, 0.15) is 18.1 Å². The van der Waals surface area contributed by atoms with Crippen molar-refractivity contribution in [1.82, 2.24) is 14.5 Å². The molecule has 1 aliphatic heterocycles. The summed E-state index contributed by atoms with van der Waals surface area (Å²) in [6.45, 7) is 0.979. The maximum atomic E-state index is 13.0. The minimum Gasteiger partial charge on any atom is -0.351 e. The molecule has 3 rings (SSSR count). The van der Waals surface area contributed by atoms with Gasteiger partial charge in [0.05, 0.1) is 29.1 Å². The van der Waals surface area contributed by atoms with Crippen molar-refractivity contribution in [2.45, 2.75) is 24.8 Å². The second kappa shape index (κ2) is 11.2. The van der Waals surface area contributed by atoms with E-state index in [0.717, 1.165) is 23.5 Å². The van der Waals surface area contributed by atoms with E-state index in [2.05, 4.69) is 5.32 Å². The van der Waals surface area contributed by atoms with Crippen molar-refractivity contribution < 1.29 is 27.6 Å². The van der Waals surface area contributed by atoms with Crippen LogP contribution in [0, 0.1) is 22.7 Å². The first-order valence-corrected chi connectivity index (χ1v) is 12.9. The highest BCUT2D eigenvalue weighted by atomic mass is 32.2. The molecule has 0 saturated heterocycles. The van der Waals surface area contributed by atoms with Gasteiger partial charge in [-0.15, -0.1) is 11.3 Å². The van der Waals surface area contributed by atoms with Crippen LogP contribution in [0.4, 0.5) is 9.80 Å². The highest BCUT2D eigenvalue weighted by Crippen LogP contribution is 2.37. The zero-order valence-corrected chi connectivity index (χ0v) is 21.1. The number of carbonyl (C=O) groups is 4. The van der Waals surface area contributed by atoms with E-state index in [1.165, 1.54) is 19.1 Å². The van der Waals surface area contributed by atoms with Crippen LogP contribution in [0.2, 0.25) is 0 Å². The topological polar surface area (TPSA) is 207 Å². The first-order chi connectivity index (χ1) is 17.5. The van der Waals surface area contributed by atoms with Crippen molar-refractivity contribution in [1.29, 1.82) is 10.5 Å². The summed E-state index contributed by atoms with van der Waals surface area (Å²) in [5.74, 6) is -1.61. The molecule has 0 aliphatic carbocycles. The monoisotopic (exact) mass is 543 g/mol. The highest BCUT2D eigenvalue weighted by Gasteiger charge is 2.30. The van der Waals surface area contributed by atoms with Gasteiger partial charge in [-0.2, -0.15) is 14.8 Å². The maximum absolute atomic E-state index is 13.0. The van der Waals surface area contributed by atoms with Crippen molar-refractivity contribution in [3.8, 4) is 12.1 Å². The Kier molecular flexibility index (Phi) is 8.24. The predicted octanol–water partition coefficient (Wildman–Crippen LogP) is 0.751. The molecule has 2 heterocycles. The van der Waals surface area contributed by atoms with Crippen LogP contribution < -0.4 is 16.4 Å². The second-order valence-corrected chi connectivity index (χ2v) is 10.8. The fraction of sp³-hybridized carbons (Fsp3) is 0.273. The van der Waals surface area contributed by atoms with Gasteiger partial charge in [0.15, 0.2) is 0 Å². The van der Waals surface area contributed by atoms with E-state index < -0.39 is 41.0 Å². The number of rotatable bonds is 7. The first kappa shape index (κ1) is 27.3. The Morgan fingerprint density at radius 2 is 1.73 bits per heavy atom. The molecular weight excluding hydrogens is 522 g/mol. The Balaban J connectivity index is 1.90. The molecule has 0 spiro atoms. The fourth-order valence-corrected chi connectivity index (χ4v) is 6.15. The molecule has 0 radical (unpaired) electrons. The number of carbonyl (C=O) groups excluding carboxylic acids is 4. The number of hydrogen-bond donors (Lipinski definition) is 3. The van der Waals surface area contributed by atoms with Crippen LogP contribution in [0.5, 0.6) is 0 Å². The Bertz CT molecular complexity index is 1440. The lowest BCUT2D eigenvalue weighted by molar-refractivity contribution is -0.129. The molecule has 192 valence electrons. The number of fused-ring (bicyclic) bond motifs is 1. The van der Waals surface area contributed by atoms with E-state index in [1.54, 1.807) is 17.0 Å². The summed E-state index contributed by atoms with van der Waals surface area (Å²) in [7, 11) is -4.14. The summed E-state index contributed by atoms with van der Waals surface area (Å²) in [5.41, 5.74) is 5.81. The Hall–Kier alpha value is -4.31. The molecule has 0 unspecified atom stereocenters. The number of amides is 5. The summed E-state index contributed by atoms with van der Waals surface area (Å²) >= 11 is 1.08. The largest absolute Gasteiger partial charge is 0.351 e. The number of imide groups is 1. The van der Waals surface area contributed by atoms with E-state index >= 15 is 0 Å². The number of hydrogen-bond acceptors (Lipinski definition) is 9. The smallest absolute Gasteiger partial charge is 0.319 e.